The third-order valence-corrected chi connectivity index (χ3v) is 1.39. The van der Waals surface area contributed by atoms with E-state index in [2.05, 4.69) is 0 Å². The second kappa shape index (κ2) is 5.18. The van der Waals surface area contributed by atoms with Crippen molar-refractivity contribution in [3.8, 4) is 0 Å². The van der Waals surface area contributed by atoms with E-state index in [9.17, 15) is 4.79 Å². The fraction of sp³-hybridized carbons (Fsp3) is 0.833. The summed E-state index contributed by atoms with van der Waals surface area (Å²) in [5, 5.41) is 43.1. The van der Waals surface area contributed by atoms with Gasteiger partial charge in [0.05, 0.1) is 6.61 Å². The Labute approximate surface area is 70.2 Å². The highest BCUT2D eigenvalue weighted by Crippen LogP contribution is 2.00. The molecule has 0 aromatic heterocycles. The zero-order valence-corrected chi connectivity index (χ0v) is 6.29. The van der Waals surface area contributed by atoms with Crippen LogP contribution in [0.25, 0.3) is 0 Å². The lowest BCUT2D eigenvalue weighted by Crippen LogP contribution is -2.44. The lowest BCUT2D eigenvalue weighted by atomic mass is 10.1. The van der Waals surface area contributed by atoms with Crippen molar-refractivity contribution in [1.82, 2.24) is 0 Å². The second-order valence-corrected chi connectivity index (χ2v) is 2.31. The van der Waals surface area contributed by atoms with Crippen LogP contribution in [0.3, 0.4) is 0 Å². The van der Waals surface area contributed by atoms with Gasteiger partial charge in [-0.2, -0.15) is 0 Å². The van der Waals surface area contributed by atoms with Crippen molar-refractivity contribution in [3.05, 3.63) is 0 Å². The maximum absolute atomic E-state index is 10.5. The number of aliphatic hydroxyl groups is 5. The molecule has 0 fully saturated rings. The highest BCUT2D eigenvalue weighted by molar-refractivity contribution is 5.84. The monoisotopic (exact) mass is 181 g/mol. The van der Waals surface area contributed by atoms with Gasteiger partial charge in [-0.05, 0) is 0 Å². The number of carbonyl (C=O) groups is 1. The molecule has 5 N–H and O–H groups in total. The summed E-state index contributed by atoms with van der Waals surface area (Å²) >= 11 is 0. The largest absolute Gasteiger partial charge is 1.00 e. The number of hydrogen-bond donors (Lipinski definition) is 5. The Hall–Kier alpha value is -0.530. The van der Waals surface area contributed by atoms with Crippen molar-refractivity contribution in [2.45, 2.75) is 18.3 Å². The van der Waals surface area contributed by atoms with E-state index in [4.69, 9.17) is 25.5 Å². The van der Waals surface area contributed by atoms with Crippen LogP contribution in [0.4, 0.5) is 0 Å². The Balaban J connectivity index is 0. The lowest BCUT2D eigenvalue weighted by molar-refractivity contribution is -0.142. The zero-order valence-electron chi connectivity index (χ0n) is 7.29. The van der Waals surface area contributed by atoms with Crippen LogP contribution in [0.1, 0.15) is 1.43 Å². The van der Waals surface area contributed by atoms with Gasteiger partial charge in [-0.1, -0.05) is 0 Å². The molecule has 0 saturated carbocycles. The molecule has 0 spiro atoms. The predicted octanol–water partition coefficient (Wildman–Crippen LogP) is -3.26. The number of ketones is 1. The van der Waals surface area contributed by atoms with Crippen molar-refractivity contribution in [1.29, 1.82) is 0 Å². The standard InChI is InChI=1S/C6H12O6/c7-1-3(9)5(11)6(12)4(10)2-8/h3,5-9,11-12H,1-2H2/p+1/t3-,5+,6+/m1/s1. The van der Waals surface area contributed by atoms with Crippen LogP contribution in [0.2, 0.25) is 0 Å². The van der Waals surface area contributed by atoms with Gasteiger partial charge < -0.3 is 25.5 Å². The van der Waals surface area contributed by atoms with Crippen LogP contribution in [-0.4, -0.2) is 62.8 Å². The summed E-state index contributed by atoms with van der Waals surface area (Å²) in [5.74, 6) is -1.00. The molecule has 3 atom stereocenters. The molecule has 0 aliphatic rings. The van der Waals surface area contributed by atoms with Crippen LogP contribution in [-0.2, 0) is 4.79 Å². The molecule has 0 amide bonds. The molecule has 0 aliphatic heterocycles. The first-order valence-electron chi connectivity index (χ1n) is 3.33. The smallest absolute Gasteiger partial charge is 0.394 e. The summed E-state index contributed by atoms with van der Waals surface area (Å²) in [6.07, 6.45) is -5.22. The summed E-state index contributed by atoms with van der Waals surface area (Å²) in [6.45, 7) is -1.69. The topological polar surface area (TPSA) is 118 Å². The average Bonchev–Trinajstić information content (AvgIpc) is 2.12. The first-order chi connectivity index (χ1) is 5.54. The average molecular weight is 181 g/mol. The van der Waals surface area contributed by atoms with E-state index in [1.165, 1.54) is 0 Å². The van der Waals surface area contributed by atoms with Gasteiger partial charge in [-0.25, -0.2) is 0 Å². The molecule has 6 nitrogen and oxygen atoms in total. The maximum atomic E-state index is 10.5. The normalized spacial score (nSPS) is 18.4. The highest BCUT2D eigenvalue weighted by atomic mass is 16.4. The molecule has 72 valence electrons. The van der Waals surface area contributed by atoms with Gasteiger partial charge in [0.1, 0.15) is 24.9 Å². The molecule has 6 heteroatoms. The summed E-state index contributed by atoms with van der Waals surface area (Å²) in [7, 11) is 0. The van der Waals surface area contributed by atoms with Crippen molar-refractivity contribution < 1.29 is 31.8 Å². The third kappa shape index (κ3) is 2.84. The number of rotatable bonds is 5. The van der Waals surface area contributed by atoms with E-state index in [0.717, 1.165) is 0 Å². The van der Waals surface area contributed by atoms with Gasteiger partial charge in [-0.3, -0.25) is 4.79 Å². The highest BCUT2D eigenvalue weighted by Gasteiger charge is 2.28. The van der Waals surface area contributed by atoms with Crippen LogP contribution < -0.4 is 0 Å². The minimum absolute atomic E-state index is 0. The van der Waals surface area contributed by atoms with Crippen LogP contribution in [0, 0.1) is 0 Å². The molecule has 0 rings (SSSR count). The van der Waals surface area contributed by atoms with Gasteiger partial charge >= 0.3 is 1.43 Å². The minimum Gasteiger partial charge on any atom is -0.394 e. The van der Waals surface area contributed by atoms with E-state index in [1.807, 2.05) is 0 Å². The summed E-state index contributed by atoms with van der Waals surface area (Å²) in [6, 6.07) is 0. The molecule has 12 heavy (non-hydrogen) atoms. The number of carbonyl (C=O) groups excluding carboxylic acids is 1. The third-order valence-electron chi connectivity index (χ3n) is 1.39. The molecular weight excluding hydrogens is 168 g/mol. The van der Waals surface area contributed by atoms with Gasteiger partial charge in [0.15, 0.2) is 5.78 Å². The molecule has 0 heterocycles. The first kappa shape index (κ1) is 11.5. The van der Waals surface area contributed by atoms with Crippen molar-refractivity contribution >= 4 is 5.78 Å². The van der Waals surface area contributed by atoms with Gasteiger partial charge in [0.2, 0.25) is 0 Å². The van der Waals surface area contributed by atoms with Crippen LogP contribution in [0.5, 0.6) is 0 Å². The van der Waals surface area contributed by atoms with E-state index in [-0.39, 0.29) is 1.43 Å². The fourth-order valence-electron chi connectivity index (χ4n) is 0.602. The molecule has 0 unspecified atom stereocenters. The number of hydrogen-bond acceptors (Lipinski definition) is 6. The maximum Gasteiger partial charge on any atom is 1.00 e. The van der Waals surface area contributed by atoms with Crippen LogP contribution in [0.15, 0.2) is 0 Å². The SMILES string of the molecule is O=C(CO)[C@H](O)[C@@H](O)[C@H](O)CO.[H+]. The second-order valence-electron chi connectivity index (χ2n) is 2.31. The Morgan fingerprint density at radius 1 is 1.25 bits per heavy atom. The molecule has 0 aromatic rings. The molecule has 0 radical (unpaired) electrons. The Morgan fingerprint density at radius 2 is 1.75 bits per heavy atom. The quantitative estimate of drug-likeness (QED) is 0.304. The Morgan fingerprint density at radius 3 is 2.08 bits per heavy atom. The Kier molecular flexibility index (Phi) is 4.95. The summed E-state index contributed by atoms with van der Waals surface area (Å²) in [4.78, 5) is 10.5. The first-order valence-corrected chi connectivity index (χ1v) is 3.33. The number of aliphatic hydroxyl groups excluding tert-OH is 5. The molecule has 0 saturated heterocycles. The summed E-state index contributed by atoms with van der Waals surface area (Å²) < 4.78 is 0. The van der Waals surface area contributed by atoms with Gasteiger partial charge in [0.25, 0.3) is 0 Å². The van der Waals surface area contributed by atoms with Gasteiger partial charge in [0, 0.05) is 0 Å². The van der Waals surface area contributed by atoms with E-state index in [0.29, 0.717) is 0 Å². The predicted molar refractivity (Wildman–Crippen MR) is 38.3 cm³/mol. The summed E-state index contributed by atoms with van der Waals surface area (Å²) in [5.41, 5.74) is 0. The van der Waals surface area contributed by atoms with E-state index >= 15 is 0 Å². The lowest BCUT2D eigenvalue weighted by Gasteiger charge is -2.19. The molecule has 0 aliphatic carbocycles. The molecule has 0 bridgehead atoms. The minimum atomic E-state index is -1.86. The van der Waals surface area contributed by atoms with Crippen molar-refractivity contribution in [2.75, 3.05) is 13.2 Å². The number of Topliss-reactive ketones (excluding diaryl/α,β-unsaturated/α-hetero) is 1. The molecule has 0 aromatic carbocycles. The van der Waals surface area contributed by atoms with Gasteiger partial charge in [-0.15, -0.1) is 0 Å². The van der Waals surface area contributed by atoms with Crippen molar-refractivity contribution in [3.63, 3.8) is 0 Å². The van der Waals surface area contributed by atoms with Crippen LogP contribution >= 0.6 is 0 Å². The van der Waals surface area contributed by atoms with E-state index < -0.39 is 37.3 Å². The molecular formula is C6H13O6+. The van der Waals surface area contributed by atoms with E-state index in [1.54, 1.807) is 0 Å². The Bertz CT molecular complexity index is 152. The fourth-order valence-corrected chi connectivity index (χ4v) is 0.602. The van der Waals surface area contributed by atoms with Crippen molar-refractivity contribution in [2.24, 2.45) is 0 Å². The zero-order chi connectivity index (χ0) is 9.72.